The Hall–Kier alpha value is -1.11. The van der Waals surface area contributed by atoms with Crippen LogP contribution < -0.4 is 4.90 Å². The molecule has 2 aliphatic carbocycles. The lowest BCUT2D eigenvalue weighted by molar-refractivity contribution is -0.00546. The number of morpholine rings is 1. The normalized spacial score (nSPS) is 29.4. The number of hydrogen-bond acceptors (Lipinski definition) is 5. The SMILES string of the molecule is C[C@@H]1CN(c2ccc3c(n2)C(Cl)=C(C2CCC(CS(=O)(=O)C(C)(C)C)CC2)C3)C[C@H](C)O1. The third kappa shape index (κ3) is 4.88. The van der Waals surface area contributed by atoms with E-state index in [1.165, 1.54) is 11.1 Å². The van der Waals surface area contributed by atoms with Crippen molar-refractivity contribution in [3.05, 3.63) is 29.0 Å². The fraction of sp³-hybridized carbons (Fsp3) is 0.720. The van der Waals surface area contributed by atoms with Crippen LogP contribution in [0.15, 0.2) is 17.7 Å². The minimum absolute atomic E-state index is 0.188. The fourth-order valence-corrected chi connectivity index (χ4v) is 7.19. The molecule has 2 fully saturated rings. The summed E-state index contributed by atoms with van der Waals surface area (Å²) in [6.07, 6.45) is 5.16. The van der Waals surface area contributed by atoms with Crippen molar-refractivity contribution in [1.82, 2.24) is 4.98 Å². The molecular formula is C25H37ClN2O3S. The number of pyridine rings is 1. The first-order chi connectivity index (χ1) is 14.9. The second-order valence-electron chi connectivity index (χ2n) is 11.0. The Morgan fingerprint density at radius 3 is 2.31 bits per heavy atom. The number of halogens is 1. The molecule has 0 aromatic carbocycles. The molecule has 0 N–H and O–H groups in total. The van der Waals surface area contributed by atoms with Crippen molar-refractivity contribution in [2.75, 3.05) is 23.7 Å². The Morgan fingerprint density at radius 1 is 1.09 bits per heavy atom. The zero-order valence-corrected chi connectivity index (χ0v) is 21.6. The van der Waals surface area contributed by atoms with Gasteiger partial charge >= 0.3 is 0 Å². The Labute approximate surface area is 198 Å². The second-order valence-corrected chi connectivity index (χ2v) is 14.1. The number of rotatable bonds is 4. The molecule has 3 aliphatic rings. The standard InChI is InChI=1S/C25H37ClN2O3S/c1-16-13-28(14-17(2)31-16)22-11-10-20-12-21(23(26)24(20)27-22)19-8-6-18(7-9-19)15-32(29,30)25(3,4)5/h10-11,16-19H,6-9,12-15H2,1-5H3/t16-,17+,18?,19?. The van der Waals surface area contributed by atoms with Gasteiger partial charge in [-0.3, -0.25) is 0 Å². The Kier molecular flexibility index (Phi) is 6.70. The van der Waals surface area contributed by atoms with Gasteiger partial charge in [-0.15, -0.1) is 0 Å². The first-order valence-electron chi connectivity index (χ1n) is 12.0. The largest absolute Gasteiger partial charge is 0.372 e. The molecule has 2 atom stereocenters. The fourth-order valence-electron chi connectivity index (χ4n) is 5.35. The topological polar surface area (TPSA) is 59.5 Å². The van der Waals surface area contributed by atoms with Gasteiger partial charge in [0.25, 0.3) is 0 Å². The van der Waals surface area contributed by atoms with Crippen LogP contribution in [0.5, 0.6) is 0 Å². The van der Waals surface area contributed by atoms with Crippen molar-refractivity contribution in [3.8, 4) is 0 Å². The van der Waals surface area contributed by atoms with Crippen LogP contribution in [0.2, 0.25) is 0 Å². The van der Waals surface area contributed by atoms with Gasteiger partial charge in [-0.25, -0.2) is 13.4 Å². The molecule has 0 bridgehead atoms. The van der Waals surface area contributed by atoms with Gasteiger partial charge in [0.1, 0.15) is 5.82 Å². The van der Waals surface area contributed by atoms with Crippen LogP contribution in [0.3, 0.4) is 0 Å². The Balaban J connectivity index is 1.44. The summed E-state index contributed by atoms with van der Waals surface area (Å²) in [6, 6.07) is 4.30. The van der Waals surface area contributed by atoms with E-state index >= 15 is 0 Å². The molecule has 0 unspecified atom stereocenters. The molecular weight excluding hydrogens is 444 g/mol. The van der Waals surface area contributed by atoms with Gasteiger partial charge in [-0.05, 0) is 95.8 Å². The van der Waals surface area contributed by atoms with E-state index in [1.807, 2.05) is 0 Å². The molecule has 1 saturated carbocycles. The lowest BCUT2D eigenvalue weighted by atomic mass is 9.78. The van der Waals surface area contributed by atoms with Gasteiger partial charge in [-0.1, -0.05) is 17.7 Å². The average molecular weight is 481 g/mol. The third-order valence-electron chi connectivity index (χ3n) is 7.31. The van der Waals surface area contributed by atoms with Gasteiger partial charge in [0.15, 0.2) is 9.84 Å². The summed E-state index contributed by atoms with van der Waals surface area (Å²) in [7, 11) is -3.07. The zero-order chi connectivity index (χ0) is 23.3. The highest BCUT2D eigenvalue weighted by Gasteiger charge is 2.36. The number of fused-ring (bicyclic) bond motifs is 1. The molecule has 2 heterocycles. The van der Waals surface area contributed by atoms with Crippen LogP contribution in [-0.4, -0.2) is 49.2 Å². The number of sulfone groups is 1. The number of ether oxygens (including phenoxy) is 1. The van der Waals surface area contributed by atoms with Crippen molar-refractivity contribution in [3.63, 3.8) is 0 Å². The van der Waals surface area contributed by atoms with Crippen molar-refractivity contribution >= 4 is 32.3 Å². The van der Waals surface area contributed by atoms with E-state index in [0.29, 0.717) is 11.7 Å². The molecule has 0 radical (unpaired) electrons. The van der Waals surface area contributed by atoms with E-state index in [1.54, 1.807) is 20.8 Å². The van der Waals surface area contributed by atoms with E-state index in [2.05, 4.69) is 30.9 Å². The van der Waals surface area contributed by atoms with E-state index < -0.39 is 14.6 Å². The Morgan fingerprint density at radius 2 is 1.72 bits per heavy atom. The smallest absolute Gasteiger partial charge is 0.155 e. The van der Waals surface area contributed by atoms with E-state index in [0.717, 1.165) is 61.7 Å². The number of aromatic nitrogens is 1. The summed E-state index contributed by atoms with van der Waals surface area (Å²) >= 11 is 6.89. The number of nitrogens with zero attached hydrogens (tertiary/aromatic N) is 2. The zero-order valence-electron chi connectivity index (χ0n) is 20.0. The molecule has 1 aliphatic heterocycles. The minimum Gasteiger partial charge on any atom is -0.372 e. The van der Waals surface area contributed by atoms with Crippen LogP contribution in [0, 0.1) is 11.8 Å². The van der Waals surface area contributed by atoms with Crippen LogP contribution in [0.1, 0.15) is 71.6 Å². The summed E-state index contributed by atoms with van der Waals surface area (Å²) < 4.78 is 30.4. The van der Waals surface area contributed by atoms with Crippen LogP contribution >= 0.6 is 11.6 Å². The number of hydrogen-bond donors (Lipinski definition) is 0. The first-order valence-corrected chi connectivity index (χ1v) is 14.0. The van der Waals surface area contributed by atoms with E-state index in [-0.39, 0.29) is 18.1 Å². The molecule has 4 rings (SSSR count). The monoisotopic (exact) mass is 480 g/mol. The van der Waals surface area contributed by atoms with Gasteiger partial charge < -0.3 is 9.64 Å². The maximum Gasteiger partial charge on any atom is 0.155 e. The summed E-state index contributed by atoms with van der Waals surface area (Å²) in [5.41, 5.74) is 3.44. The van der Waals surface area contributed by atoms with Gasteiger partial charge in [0.05, 0.1) is 33.4 Å². The van der Waals surface area contributed by atoms with Crippen molar-refractivity contribution in [1.29, 1.82) is 0 Å². The van der Waals surface area contributed by atoms with Crippen molar-refractivity contribution in [2.45, 2.75) is 83.7 Å². The average Bonchev–Trinajstić information content (AvgIpc) is 3.03. The third-order valence-corrected chi connectivity index (χ3v) is 10.5. The molecule has 1 aromatic rings. The number of anilines is 1. The van der Waals surface area contributed by atoms with Gasteiger partial charge in [0, 0.05) is 13.1 Å². The molecule has 0 spiro atoms. The van der Waals surface area contributed by atoms with Gasteiger partial charge in [0.2, 0.25) is 0 Å². The molecule has 178 valence electrons. The highest BCUT2D eigenvalue weighted by Crippen LogP contribution is 2.44. The highest BCUT2D eigenvalue weighted by atomic mass is 35.5. The summed E-state index contributed by atoms with van der Waals surface area (Å²) in [5, 5.41) is 0.821. The summed E-state index contributed by atoms with van der Waals surface area (Å²) in [4.78, 5) is 7.26. The van der Waals surface area contributed by atoms with Crippen molar-refractivity contribution < 1.29 is 13.2 Å². The molecule has 0 amide bonds. The molecule has 5 nitrogen and oxygen atoms in total. The van der Waals surface area contributed by atoms with Crippen LogP contribution in [0.25, 0.3) is 5.03 Å². The quantitative estimate of drug-likeness (QED) is 0.591. The number of allylic oxidation sites excluding steroid dienone is 1. The second kappa shape index (κ2) is 8.92. The summed E-state index contributed by atoms with van der Waals surface area (Å²) in [6.45, 7) is 11.3. The van der Waals surface area contributed by atoms with Gasteiger partial charge in [-0.2, -0.15) is 0 Å². The molecule has 7 heteroatoms. The van der Waals surface area contributed by atoms with E-state index in [4.69, 9.17) is 21.3 Å². The molecule has 32 heavy (non-hydrogen) atoms. The van der Waals surface area contributed by atoms with Crippen molar-refractivity contribution in [2.24, 2.45) is 11.8 Å². The van der Waals surface area contributed by atoms with E-state index in [9.17, 15) is 8.42 Å². The predicted octanol–water partition coefficient (Wildman–Crippen LogP) is 5.22. The first kappa shape index (κ1) is 24.0. The van der Waals surface area contributed by atoms with Crippen LogP contribution in [-0.2, 0) is 21.0 Å². The molecule has 1 aromatic heterocycles. The molecule has 1 saturated heterocycles. The Bertz CT molecular complexity index is 981. The highest BCUT2D eigenvalue weighted by molar-refractivity contribution is 7.92. The maximum atomic E-state index is 12.6. The lowest BCUT2D eigenvalue weighted by Crippen LogP contribution is -2.45. The van der Waals surface area contributed by atoms with Crippen LogP contribution in [0.4, 0.5) is 5.82 Å². The maximum absolute atomic E-state index is 12.6. The predicted molar refractivity (Wildman–Crippen MR) is 132 cm³/mol. The summed E-state index contributed by atoms with van der Waals surface area (Å²) in [5.74, 6) is 1.96. The lowest BCUT2D eigenvalue weighted by Gasteiger charge is -2.36. The minimum atomic E-state index is -3.07.